The summed E-state index contributed by atoms with van der Waals surface area (Å²) in [5, 5.41) is 0. The molecule has 2 aliphatic rings. The SMILES string of the molecule is CCC1(C)CN(C)CCC12OCCO2. The Labute approximate surface area is 86.4 Å². The first-order valence-electron chi connectivity index (χ1n) is 5.58. The average Bonchev–Trinajstić information content (AvgIpc) is 2.63. The van der Waals surface area contributed by atoms with E-state index in [1.54, 1.807) is 0 Å². The smallest absolute Gasteiger partial charge is 0.176 e. The lowest BCUT2D eigenvalue weighted by molar-refractivity contribution is -0.258. The van der Waals surface area contributed by atoms with Crippen molar-refractivity contribution in [2.75, 3.05) is 33.4 Å². The van der Waals surface area contributed by atoms with E-state index in [1.807, 2.05) is 0 Å². The molecule has 0 saturated carbocycles. The van der Waals surface area contributed by atoms with E-state index in [0.29, 0.717) is 0 Å². The topological polar surface area (TPSA) is 21.7 Å². The van der Waals surface area contributed by atoms with Crippen molar-refractivity contribution in [2.24, 2.45) is 5.41 Å². The fourth-order valence-electron chi connectivity index (χ4n) is 2.76. The van der Waals surface area contributed by atoms with Crippen LogP contribution in [-0.4, -0.2) is 44.0 Å². The molecule has 3 heteroatoms. The fourth-order valence-corrected chi connectivity index (χ4v) is 2.76. The molecule has 0 amide bonds. The van der Waals surface area contributed by atoms with E-state index in [4.69, 9.17) is 9.47 Å². The molecule has 0 N–H and O–H groups in total. The quantitative estimate of drug-likeness (QED) is 0.638. The number of piperidine rings is 1. The normalized spacial score (nSPS) is 37.9. The first kappa shape index (κ1) is 10.4. The highest BCUT2D eigenvalue weighted by molar-refractivity contribution is 4.97. The lowest BCUT2D eigenvalue weighted by Gasteiger charge is -2.50. The van der Waals surface area contributed by atoms with Crippen LogP contribution in [0.5, 0.6) is 0 Å². The molecule has 0 aromatic carbocycles. The predicted molar refractivity (Wildman–Crippen MR) is 55.1 cm³/mol. The first-order valence-corrected chi connectivity index (χ1v) is 5.58. The Morgan fingerprint density at radius 2 is 1.93 bits per heavy atom. The maximum Gasteiger partial charge on any atom is 0.176 e. The van der Waals surface area contributed by atoms with Gasteiger partial charge in [-0.1, -0.05) is 13.8 Å². The van der Waals surface area contributed by atoms with Crippen LogP contribution in [0.2, 0.25) is 0 Å². The summed E-state index contributed by atoms with van der Waals surface area (Å²) in [7, 11) is 2.18. The number of hydrogen-bond acceptors (Lipinski definition) is 3. The Balaban J connectivity index is 2.21. The zero-order chi connectivity index (χ0) is 10.2. The summed E-state index contributed by atoms with van der Waals surface area (Å²) in [5.41, 5.74) is 0.149. The third-order valence-electron chi connectivity index (χ3n) is 3.90. The Bertz CT molecular complexity index is 213. The summed E-state index contributed by atoms with van der Waals surface area (Å²) in [5.74, 6) is -0.283. The molecule has 2 aliphatic heterocycles. The van der Waals surface area contributed by atoms with Gasteiger partial charge in [0.25, 0.3) is 0 Å². The van der Waals surface area contributed by atoms with Gasteiger partial charge in [0, 0.05) is 24.9 Å². The van der Waals surface area contributed by atoms with Crippen molar-refractivity contribution in [1.82, 2.24) is 4.90 Å². The molecule has 1 unspecified atom stereocenters. The lowest BCUT2D eigenvalue weighted by Crippen LogP contribution is -2.58. The molecule has 82 valence electrons. The molecule has 2 saturated heterocycles. The molecule has 14 heavy (non-hydrogen) atoms. The minimum atomic E-state index is -0.283. The summed E-state index contributed by atoms with van der Waals surface area (Å²) < 4.78 is 11.8. The Hall–Kier alpha value is -0.120. The molecule has 1 atom stereocenters. The first-order chi connectivity index (χ1) is 6.62. The minimum Gasteiger partial charge on any atom is -0.347 e. The molecule has 0 bridgehead atoms. The number of rotatable bonds is 1. The third kappa shape index (κ3) is 1.38. The maximum absolute atomic E-state index is 5.89. The van der Waals surface area contributed by atoms with E-state index in [9.17, 15) is 0 Å². The van der Waals surface area contributed by atoms with Gasteiger partial charge >= 0.3 is 0 Å². The molecule has 0 aliphatic carbocycles. The van der Waals surface area contributed by atoms with Crippen molar-refractivity contribution in [3.63, 3.8) is 0 Å². The fraction of sp³-hybridized carbons (Fsp3) is 1.00. The van der Waals surface area contributed by atoms with Crippen LogP contribution in [0.3, 0.4) is 0 Å². The number of likely N-dealkylation sites (tertiary alicyclic amines) is 1. The number of hydrogen-bond donors (Lipinski definition) is 0. The number of ether oxygens (including phenoxy) is 2. The van der Waals surface area contributed by atoms with E-state index in [1.165, 1.54) is 0 Å². The Morgan fingerprint density at radius 3 is 2.50 bits per heavy atom. The zero-order valence-electron chi connectivity index (χ0n) is 9.51. The van der Waals surface area contributed by atoms with Crippen molar-refractivity contribution < 1.29 is 9.47 Å². The lowest BCUT2D eigenvalue weighted by atomic mass is 9.74. The van der Waals surface area contributed by atoms with Gasteiger partial charge in [-0.15, -0.1) is 0 Å². The molecule has 3 nitrogen and oxygen atoms in total. The van der Waals surface area contributed by atoms with Crippen LogP contribution < -0.4 is 0 Å². The standard InChI is InChI=1S/C11H21NO2/c1-4-10(2)9-12(3)6-5-11(10)13-7-8-14-11/h4-9H2,1-3H3. The van der Waals surface area contributed by atoms with Crippen molar-refractivity contribution in [3.05, 3.63) is 0 Å². The zero-order valence-corrected chi connectivity index (χ0v) is 9.51. The van der Waals surface area contributed by atoms with Gasteiger partial charge in [0.1, 0.15) is 0 Å². The Kier molecular flexibility index (Phi) is 2.58. The van der Waals surface area contributed by atoms with Crippen LogP contribution in [0.15, 0.2) is 0 Å². The van der Waals surface area contributed by atoms with E-state index in [-0.39, 0.29) is 11.2 Å². The molecule has 1 spiro atoms. The van der Waals surface area contributed by atoms with Gasteiger partial charge < -0.3 is 14.4 Å². The van der Waals surface area contributed by atoms with Crippen LogP contribution in [0.1, 0.15) is 26.7 Å². The van der Waals surface area contributed by atoms with Gasteiger partial charge in [0.2, 0.25) is 0 Å². The molecule has 2 fully saturated rings. The van der Waals surface area contributed by atoms with E-state index in [0.717, 1.165) is 39.1 Å². The van der Waals surface area contributed by atoms with Crippen LogP contribution in [0.4, 0.5) is 0 Å². The van der Waals surface area contributed by atoms with Gasteiger partial charge in [-0.05, 0) is 13.5 Å². The van der Waals surface area contributed by atoms with Crippen molar-refractivity contribution >= 4 is 0 Å². The van der Waals surface area contributed by atoms with Crippen LogP contribution in [0, 0.1) is 5.41 Å². The second-order valence-corrected chi connectivity index (χ2v) is 4.85. The van der Waals surface area contributed by atoms with Gasteiger partial charge in [0.15, 0.2) is 5.79 Å². The van der Waals surface area contributed by atoms with Crippen molar-refractivity contribution in [1.29, 1.82) is 0 Å². The summed E-state index contributed by atoms with van der Waals surface area (Å²) in [6.07, 6.45) is 2.12. The highest BCUT2D eigenvalue weighted by Crippen LogP contribution is 2.46. The molecule has 0 aromatic heterocycles. The molecule has 0 aromatic rings. The largest absolute Gasteiger partial charge is 0.347 e. The summed E-state index contributed by atoms with van der Waals surface area (Å²) >= 11 is 0. The molecule has 2 rings (SSSR count). The highest BCUT2D eigenvalue weighted by atomic mass is 16.7. The van der Waals surface area contributed by atoms with Crippen LogP contribution >= 0.6 is 0 Å². The molecule has 0 radical (unpaired) electrons. The van der Waals surface area contributed by atoms with Gasteiger partial charge in [-0.25, -0.2) is 0 Å². The van der Waals surface area contributed by atoms with E-state index < -0.39 is 0 Å². The third-order valence-corrected chi connectivity index (χ3v) is 3.90. The second kappa shape index (κ2) is 3.47. The summed E-state index contributed by atoms with van der Waals surface area (Å²) in [4.78, 5) is 2.37. The summed E-state index contributed by atoms with van der Waals surface area (Å²) in [6, 6.07) is 0. The average molecular weight is 199 g/mol. The van der Waals surface area contributed by atoms with Gasteiger partial charge in [0.05, 0.1) is 13.2 Å². The van der Waals surface area contributed by atoms with Gasteiger partial charge in [-0.3, -0.25) is 0 Å². The highest BCUT2D eigenvalue weighted by Gasteiger charge is 2.54. The number of nitrogens with zero attached hydrogens (tertiary/aromatic N) is 1. The Morgan fingerprint density at radius 1 is 1.29 bits per heavy atom. The minimum absolute atomic E-state index is 0.149. The summed E-state index contributed by atoms with van der Waals surface area (Å²) in [6.45, 7) is 8.19. The molecule has 2 heterocycles. The van der Waals surface area contributed by atoms with Crippen LogP contribution in [-0.2, 0) is 9.47 Å². The van der Waals surface area contributed by atoms with E-state index >= 15 is 0 Å². The predicted octanol–water partition coefficient (Wildman–Crippen LogP) is 1.48. The second-order valence-electron chi connectivity index (χ2n) is 4.85. The van der Waals surface area contributed by atoms with Gasteiger partial charge in [-0.2, -0.15) is 0 Å². The van der Waals surface area contributed by atoms with E-state index in [2.05, 4.69) is 25.8 Å². The molecular weight excluding hydrogens is 178 g/mol. The molecular formula is C11H21NO2. The monoisotopic (exact) mass is 199 g/mol. The van der Waals surface area contributed by atoms with Crippen molar-refractivity contribution in [3.8, 4) is 0 Å². The van der Waals surface area contributed by atoms with Crippen LogP contribution in [0.25, 0.3) is 0 Å². The van der Waals surface area contributed by atoms with Crippen molar-refractivity contribution in [2.45, 2.75) is 32.5 Å². The maximum atomic E-state index is 5.89.